The largest absolute Gasteiger partial charge is 0.281 e. The van der Waals surface area contributed by atoms with Gasteiger partial charge in [-0.25, -0.2) is 0 Å². The van der Waals surface area contributed by atoms with Gasteiger partial charge in [-0.2, -0.15) is 5.10 Å². The Kier molecular flexibility index (Phi) is 2.53. The number of nitrogens with zero attached hydrogens (tertiary/aromatic N) is 1. The van der Waals surface area contributed by atoms with Crippen molar-refractivity contribution in [2.24, 2.45) is 0 Å². The quantitative estimate of drug-likeness (QED) is 0.787. The maximum atomic E-state index is 4.31. The number of H-pyrrole nitrogens is 1. The first kappa shape index (κ1) is 9.25. The summed E-state index contributed by atoms with van der Waals surface area (Å²) >= 11 is 0. The van der Waals surface area contributed by atoms with Crippen LogP contribution in [0.4, 0.5) is 0 Å². The molecular formula is C12H16N2. The summed E-state index contributed by atoms with van der Waals surface area (Å²) in [5, 5.41) is 8.77. The van der Waals surface area contributed by atoms with Crippen LogP contribution < -0.4 is 0 Å². The van der Waals surface area contributed by atoms with Crippen LogP contribution in [0.15, 0.2) is 18.2 Å². The van der Waals surface area contributed by atoms with Gasteiger partial charge in [0.25, 0.3) is 0 Å². The smallest absolute Gasteiger partial charge is 0.0926 e. The van der Waals surface area contributed by atoms with Crippen molar-refractivity contribution in [3.8, 4) is 0 Å². The number of aromatic nitrogens is 2. The zero-order valence-electron chi connectivity index (χ0n) is 8.80. The second-order valence-corrected chi connectivity index (χ2v) is 3.77. The lowest BCUT2D eigenvalue weighted by Crippen LogP contribution is -1.86. The van der Waals surface area contributed by atoms with E-state index in [1.54, 1.807) is 0 Å². The third kappa shape index (κ3) is 1.52. The van der Waals surface area contributed by atoms with E-state index in [4.69, 9.17) is 0 Å². The predicted molar refractivity (Wildman–Crippen MR) is 59.4 cm³/mol. The van der Waals surface area contributed by atoms with Crippen molar-refractivity contribution in [2.45, 2.75) is 33.1 Å². The number of aryl methyl sites for hydroxylation is 2. The van der Waals surface area contributed by atoms with Crippen molar-refractivity contribution in [3.63, 3.8) is 0 Å². The Labute approximate surface area is 84.3 Å². The minimum absolute atomic E-state index is 1.09. The lowest BCUT2D eigenvalue weighted by Gasteiger charge is -1.99. The van der Waals surface area contributed by atoms with Gasteiger partial charge in [0.1, 0.15) is 0 Å². The average Bonchev–Trinajstić information content (AvgIpc) is 2.59. The fourth-order valence-corrected chi connectivity index (χ4v) is 1.86. The molecule has 2 nitrogen and oxygen atoms in total. The fourth-order valence-electron chi connectivity index (χ4n) is 1.86. The molecule has 1 aromatic carbocycles. The third-order valence-corrected chi connectivity index (χ3v) is 2.64. The predicted octanol–water partition coefficient (Wildman–Crippen LogP) is 3.21. The molecule has 0 aliphatic carbocycles. The number of unbranched alkanes of at least 4 members (excludes halogenated alkanes) is 1. The summed E-state index contributed by atoms with van der Waals surface area (Å²) in [5.41, 5.74) is 3.71. The van der Waals surface area contributed by atoms with Crippen LogP contribution in [0.2, 0.25) is 0 Å². The van der Waals surface area contributed by atoms with E-state index in [9.17, 15) is 0 Å². The first-order valence-electron chi connectivity index (χ1n) is 5.25. The summed E-state index contributed by atoms with van der Waals surface area (Å²) < 4.78 is 0. The van der Waals surface area contributed by atoms with Crippen LogP contribution >= 0.6 is 0 Å². The van der Waals surface area contributed by atoms with Gasteiger partial charge in [-0.1, -0.05) is 25.5 Å². The molecule has 14 heavy (non-hydrogen) atoms. The molecule has 74 valence electrons. The summed E-state index contributed by atoms with van der Waals surface area (Å²) in [6.45, 7) is 4.36. The number of aromatic amines is 1. The molecule has 2 aromatic rings. The van der Waals surface area contributed by atoms with Gasteiger partial charge < -0.3 is 0 Å². The van der Waals surface area contributed by atoms with Gasteiger partial charge in [-0.3, -0.25) is 5.10 Å². The SMILES string of the molecule is CCCCc1[nH]nc2cccc(C)c12. The summed E-state index contributed by atoms with van der Waals surface area (Å²) in [5.74, 6) is 0. The van der Waals surface area contributed by atoms with Crippen molar-refractivity contribution in [2.75, 3.05) is 0 Å². The molecule has 0 atom stereocenters. The first-order valence-corrected chi connectivity index (χ1v) is 5.25. The molecule has 0 bridgehead atoms. The van der Waals surface area contributed by atoms with E-state index in [0.717, 1.165) is 11.9 Å². The number of benzene rings is 1. The van der Waals surface area contributed by atoms with E-state index < -0.39 is 0 Å². The Morgan fingerprint density at radius 3 is 3.00 bits per heavy atom. The molecule has 0 amide bonds. The van der Waals surface area contributed by atoms with E-state index in [1.807, 2.05) is 0 Å². The second kappa shape index (κ2) is 3.82. The molecule has 2 heteroatoms. The molecule has 1 N–H and O–H groups in total. The zero-order valence-corrected chi connectivity index (χ0v) is 8.80. The Morgan fingerprint density at radius 2 is 2.21 bits per heavy atom. The van der Waals surface area contributed by atoms with E-state index in [2.05, 4.69) is 42.2 Å². The Bertz CT molecular complexity index is 429. The number of fused-ring (bicyclic) bond motifs is 1. The van der Waals surface area contributed by atoms with Gasteiger partial charge in [-0.15, -0.1) is 0 Å². The lowest BCUT2D eigenvalue weighted by atomic mass is 10.1. The van der Waals surface area contributed by atoms with Crippen molar-refractivity contribution in [1.82, 2.24) is 10.2 Å². The molecule has 0 saturated heterocycles. The second-order valence-electron chi connectivity index (χ2n) is 3.77. The average molecular weight is 188 g/mol. The van der Waals surface area contributed by atoms with Crippen LogP contribution in [0.3, 0.4) is 0 Å². The first-order chi connectivity index (χ1) is 6.83. The summed E-state index contributed by atoms with van der Waals surface area (Å²) in [4.78, 5) is 0. The highest BCUT2D eigenvalue weighted by Gasteiger charge is 2.06. The topological polar surface area (TPSA) is 28.7 Å². The normalized spacial score (nSPS) is 11.0. The zero-order chi connectivity index (χ0) is 9.97. The minimum atomic E-state index is 1.09. The van der Waals surface area contributed by atoms with Crippen molar-refractivity contribution in [3.05, 3.63) is 29.5 Å². The van der Waals surface area contributed by atoms with E-state index in [-0.39, 0.29) is 0 Å². The molecule has 0 aliphatic rings. The molecule has 1 heterocycles. The Morgan fingerprint density at radius 1 is 1.36 bits per heavy atom. The minimum Gasteiger partial charge on any atom is -0.281 e. The highest BCUT2D eigenvalue weighted by Crippen LogP contribution is 2.21. The van der Waals surface area contributed by atoms with Crippen LogP contribution in [0.5, 0.6) is 0 Å². The molecule has 0 unspecified atom stereocenters. The van der Waals surface area contributed by atoms with Crippen molar-refractivity contribution < 1.29 is 0 Å². The van der Waals surface area contributed by atoms with Crippen LogP contribution in [0.1, 0.15) is 31.0 Å². The number of nitrogens with one attached hydrogen (secondary N) is 1. The fraction of sp³-hybridized carbons (Fsp3) is 0.417. The molecule has 1 aromatic heterocycles. The number of rotatable bonds is 3. The number of hydrogen-bond acceptors (Lipinski definition) is 1. The summed E-state index contributed by atoms with van der Waals surface area (Å²) in [6, 6.07) is 6.27. The summed E-state index contributed by atoms with van der Waals surface area (Å²) in [7, 11) is 0. The molecule has 0 spiro atoms. The van der Waals surface area contributed by atoms with Crippen LogP contribution in [-0.2, 0) is 6.42 Å². The van der Waals surface area contributed by atoms with Crippen molar-refractivity contribution in [1.29, 1.82) is 0 Å². The summed E-state index contributed by atoms with van der Waals surface area (Å²) in [6.07, 6.45) is 3.57. The maximum absolute atomic E-state index is 4.31. The van der Waals surface area contributed by atoms with Crippen molar-refractivity contribution >= 4 is 10.9 Å². The van der Waals surface area contributed by atoms with E-state index >= 15 is 0 Å². The molecular weight excluding hydrogens is 172 g/mol. The Balaban J connectivity index is 2.45. The van der Waals surface area contributed by atoms with Gasteiger partial charge in [0.05, 0.1) is 5.52 Å². The number of hydrogen-bond donors (Lipinski definition) is 1. The lowest BCUT2D eigenvalue weighted by molar-refractivity contribution is 0.775. The Hall–Kier alpha value is -1.31. The van der Waals surface area contributed by atoms with Gasteiger partial charge in [0.2, 0.25) is 0 Å². The van der Waals surface area contributed by atoms with Crippen LogP contribution in [-0.4, -0.2) is 10.2 Å². The van der Waals surface area contributed by atoms with E-state index in [0.29, 0.717) is 0 Å². The van der Waals surface area contributed by atoms with Crippen LogP contribution in [0, 0.1) is 6.92 Å². The van der Waals surface area contributed by atoms with Gasteiger partial charge >= 0.3 is 0 Å². The van der Waals surface area contributed by atoms with Gasteiger partial charge in [0, 0.05) is 11.1 Å². The van der Waals surface area contributed by atoms with Crippen LogP contribution in [0.25, 0.3) is 10.9 Å². The highest BCUT2D eigenvalue weighted by atomic mass is 15.1. The third-order valence-electron chi connectivity index (χ3n) is 2.64. The molecule has 2 rings (SSSR count). The highest BCUT2D eigenvalue weighted by molar-refractivity contribution is 5.84. The molecule has 0 saturated carbocycles. The molecule has 0 aliphatic heterocycles. The van der Waals surface area contributed by atoms with Gasteiger partial charge in [-0.05, 0) is 31.4 Å². The van der Waals surface area contributed by atoms with Gasteiger partial charge in [0.15, 0.2) is 0 Å². The molecule has 0 fully saturated rings. The molecule has 0 radical (unpaired) electrons. The monoisotopic (exact) mass is 188 g/mol. The van der Waals surface area contributed by atoms with E-state index in [1.165, 1.54) is 29.5 Å². The maximum Gasteiger partial charge on any atom is 0.0926 e. The standard InChI is InChI=1S/C12H16N2/c1-3-4-7-10-12-9(2)6-5-8-11(12)14-13-10/h5-6,8H,3-4,7H2,1-2H3,(H,13,14).